The first-order valence-electron chi connectivity index (χ1n) is 7.20. The van der Waals surface area contributed by atoms with Crippen molar-refractivity contribution in [3.05, 3.63) is 71.9 Å². The average molecular weight is 323 g/mol. The third-order valence-electron chi connectivity index (χ3n) is 3.39. The minimum Gasteiger partial charge on any atom is -0.272 e. The molecule has 1 aromatic carbocycles. The number of nitrogens with zero attached hydrogens (tertiary/aromatic N) is 3. The number of benzene rings is 1. The van der Waals surface area contributed by atoms with E-state index < -0.39 is 5.91 Å². The molecule has 0 spiro atoms. The zero-order valence-electron chi connectivity index (χ0n) is 12.8. The van der Waals surface area contributed by atoms with E-state index in [1.165, 1.54) is 12.1 Å². The smallest absolute Gasteiger partial charge is 0.272 e. The molecule has 2 aromatic heterocycles. The van der Waals surface area contributed by atoms with Gasteiger partial charge in [-0.05, 0) is 49.4 Å². The van der Waals surface area contributed by atoms with Crippen molar-refractivity contribution in [2.24, 2.45) is 5.10 Å². The van der Waals surface area contributed by atoms with Crippen LogP contribution in [0.25, 0.3) is 11.3 Å². The van der Waals surface area contributed by atoms with Crippen molar-refractivity contribution < 1.29 is 9.18 Å². The van der Waals surface area contributed by atoms with Gasteiger partial charge < -0.3 is 0 Å². The molecule has 0 radical (unpaired) electrons. The number of hydrogen-bond acceptors (Lipinski definition) is 4. The molecule has 0 unspecified atom stereocenters. The largest absolute Gasteiger partial charge is 0.289 e. The van der Waals surface area contributed by atoms with Gasteiger partial charge in [-0.15, -0.1) is 0 Å². The van der Waals surface area contributed by atoms with E-state index in [9.17, 15) is 9.18 Å². The second-order valence-electron chi connectivity index (χ2n) is 5.05. The Balaban J connectivity index is 1.71. The predicted molar refractivity (Wildman–Crippen MR) is 87.9 cm³/mol. The third-order valence-corrected chi connectivity index (χ3v) is 3.39. The van der Waals surface area contributed by atoms with Crippen molar-refractivity contribution in [2.75, 3.05) is 0 Å². The Labute approximate surface area is 137 Å². The number of amides is 1. The van der Waals surface area contributed by atoms with Crippen LogP contribution in [-0.4, -0.2) is 26.8 Å². The molecule has 0 fully saturated rings. The fourth-order valence-corrected chi connectivity index (χ4v) is 2.06. The van der Waals surface area contributed by atoms with Crippen molar-refractivity contribution in [3.8, 4) is 11.3 Å². The molecule has 24 heavy (non-hydrogen) atoms. The molecule has 120 valence electrons. The molecule has 0 atom stereocenters. The summed E-state index contributed by atoms with van der Waals surface area (Å²) >= 11 is 0. The zero-order valence-corrected chi connectivity index (χ0v) is 12.8. The summed E-state index contributed by atoms with van der Waals surface area (Å²) < 4.78 is 12.9. The molecule has 2 heterocycles. The maximum absolute atomic E-state index is 12.9. The number of aromatic amines is 1. The van der Waals surface area contributed by atoms with Gasteiger partial charge in [0.05, 0.1) is 11.4 Å². The Bertz CT molecular complexity index is 872. The number of rotatable bonds is 4. The van der Waals surface area contributed by atoms with Crippen molar-refractivity contribution >= 4 is 11.6 Å². The first kappa shape index (κ1) is 15.5. The summed E-state index contributed by atoms with van der Waals surface area (Å²) in [6.45, 7) is 1.78. The van der Waals surface area contributed by atoms with Gasteiger partial charge in [-0.3, -0.25) is 14.9 Å². The molecular formula is C17H14FN5O. The Morgan fingerprint density at radius 3 is 2.58 bits per heavy atom. The number of hydrazone groups is 1. The third kappa shape index (κ3) is 3.52. The highest BCUT2D eigenvalue weighted by molar-refractivity contribution is 6.00. The Morgan fingerprint density at radius 2 is 1.88 bits per heavy atom. The molecule has 0 aliphatic carbocycles. The standard InChI is InChI=1S/C17H14FN5O/c1-11(12-6-8-19-9-7-12)20-23-17(24)16-10-15(21-22-16)13-2-4-14(18)5-3-13/h2-10H,1H3,(H,21,22)(H,23,24)/b20-11+. The summed E-state index contributed by atoms with van der Waals surface area (Å²) in [5, 5.41) is 10.8. The lowest BCUT2D eigenvalue weighted by Gasteiger charge is -2.01. The topological polar surface area (TPSA) is 83.0 Å². The molecule has 0 aliphatic heterocycles. The normalized spacial score (nSPS) is 11.3. The number of H-pyrrole nitrogens is 1. The van der Waals surface area contributed by atoms with Gasteiger partial charge in [0.25, 0.3) is 5.91 Å². The highest BCUT2D eigenvalue weighted by Crippen LogP contribution is 2.17. The molecule has 7 heteroatoms. The van der Waals surface area contributed by atoms with Crippen molar-refractivity contribution in [1.82, 2.24) is 20.6 Å². The average Bonchev–Trinajstić information content (AvgIpc) is 3.11. The van der Waals surface area contributed by atoms with E-state index in [0.29, 0.717) is 17.0 Å². The summed E-state index contributed by atoms with van der Waals surface area (Å²) in [6.07, 6.45) is 3.31. The number of carbonyl (C=O) groups is 1. The van der Waals surface area contributed by atoms with E-state index in [1.807, 2.05) is 0 Å². The fraction of sp³-hybridized carbons (Fsp3) is 0.0588. The molecule has 0 saturated carbocycles. The van der Waals surface area contributed by atoms with Crippen LogP contribution < -0.4 is 5.43 Å². The molecule has 0 bridgehead atoms. The highest BCUT2D eigenvalue weighted by atomic mass is 19.1. The summed E-state index contributed by atoms with van der Waals surface area (Å²) in [6, 6.07) is 11.1. The molecule has 0 saturated heterocycles. The zero-order chi connectivity index (χ0) is 16.9. The van der Waals surface area contributed by atoms with Crippen molar-refractivity contribution in [2.45, 2.75) is 6.92 Å². The van der Waals surface area contributed by atoms with Gasteiger partial charge in [0.1, 0.15) is 11.5 Å². The van der Waals surface area contributed by atoms with Crippen molar-refractivity contribution in [1.29, 1.82) is 0 Å². The van der Waals surface area contributed by atoms with E-state index >= 15 is 0 Å². The van der Waals surface area contributed by atoms with Crippen LogP contribution in [0.4, 0.5) is 4.39 Å². The van der Waals surface area contributed by atoms with Gasteiger partial charge in [-0.25, -0.2) is 9.82 Å². The lowest BCUT2D eigenvalue weighted by atomic mass is 10.1. The molecule has 3 rings (SSSR count). The first-order valence-corrected chi connectivity index (χ1v) is 7.20. The fourth-order valence-electron chi connectivity index (χ4n) is 2.06. The van der Waals surface area contributed by atoms with Crippen LogP contribution >= 0.6 is 0 Å². The molecule has 0 aliphatic rings. The number of halogens is 1. The van der Waals surface area contributed by atoms with Crippen molar-refractivity contribution in [3.63, 3.8) is 0 Å². The Hall–Kier alpha value is -3.35. The summed E-state index contributed by atoms with van der Waals surface area (Å²) in [5.41, 5.74) is 5.51. The number of hydrogen-bond donors (Lipinski definition) is 2. The number of aromatic nitrogens is 3. The molecule has 1 amide bonds. The van der Waals surface area contributed by atoms with E-state index in [2.05, 4.69) is 25.7 Å². The quantitative estimate of drug-likeness (QED) is 0.572. The SMILES string of the molecule is C/C(=N\NC(=O)c1cc(-c2ccc(F)cc2)n[nH]1)c1ccncc1. The van der Waals surface area contributed by atoms with Gasteiger partial charge in [0.2, 0.25) is 0 Å². The van der Waals surface area contributed by atoms with E-state index in [1.54, 1.807) is 49.6 Å². The second-order valence-corrected chi connectivity index (χ2v) is 5.05. The summed E-state index contributed by atoms with van der Waals surface area (Å²) in [5.74, 6) is -0.738. The first-order chi connectivity index (χ1) is 11.6. The maximum atomic E-state index is 12.9. The number of nitrogens with one attached hydrogen (secondary N) is 2. The summed E-state index contributed by atoms with van der Waals surface area (Å²) in [4.78, 5) is 16.0. The highest BCUT2D eigenvalue weighted by Gasteiger charge is 2.11. The minimum atomic E-state index is -0.413. The van der Waals surface area contributed by atoms with Crippen LogP contribution in [0.1, 0.15) is 23.0 Å². The van der Waals surface area contributed by atoms with Crippen LogP contribution in [0, 0.1) is 5.82 Å². The van der Waals surface area contributed by atoms with E-state index in [-0.39, 0.29) is 11.5 Å². The predicted octanol–water partition coefficient (Wildman–Crippen LogP) is 2.76. The van der Waals surface area contributed by atoms with Gasteiger partial charge >= 0.3 is 0 Å². The van der Waals surface area contributed by atoms with Crippen LogP contribution in [0.5, 0.6) is 0 Å². The lowest BCUT2D eigenvalue weighted by Crippen LogP contribution is -2.19. The van der Waals surface area contributed by atoms with Gasteiger partial charge in [0.15, 0.2) is 0 Å². The number of carbonyl (C=O) groups excluding carboxylic acids is 1. The van der Waals surface area contributed by atoms with Crippen LogP contribution in [0.15, 0.2) is 60.0 Å². The van der Waals surface area contributed by atoms with E-state index in [4.69, 9.17) is 0 Å². The van der Waals surface area contributed by atoms with Gasteiger partial charge in [-0.1, -0.05) is 0 Å². The Kier molecular flexibility index (Phi) is 4.42. The molecule has 6 nitrogen and oxygen atoms in total. The molecule has 2 N–H and O–H groups in total. The van der Waals surface area contributed by atoms with Crippen LogP contribution in [-0.2, 0) is 0 Å². The molecule has 3 aromatic rings. The van der Waals surface area contributed by atoms with Gasteiger partial charge in [-0.2, -0.15) is 10.2 Å². The second kappa shape index (κ2) is 6.82. The minimum absolute atomic E-state index is 0.264. The lowest BCUT2D eigenvalue weighted by molar-refractivity contribution is 0.0950. The maximum Gasteiger partial charge on any atom is 0.289 e. The molecular weight excluding hydrogens is 309 g/mol. The summed E-state index contributed by atoms with van der Waals surface area (Å²) in [7, 11) is 0. The Morgan fingerprint density at radius 1 is 1.17 bits per heavy atom. The van der Waals surface area contributed by atoms with Gasteiger partial charge in [0, 0.05) is 23.5 Å². The monoisotopic (exact) mass is 323 g/mol. The number of pyridine rings is 1. The van der Waals surface area contributed by atoms with E-state index in [0.717, 1.165) is 5.56 Å². The van der Waals surface area contributed by atoms with Crippen LogP contribution in [0.2, 0.25) is 0 Å². The van der Waals surface area contributed by atoms with Crippen LogP contribution in [0.3, 0.4) is 0 Å².